The van der Waals surface area contributed by atoms with Crippen LogP contribution in [0.25, 0.3) is 5.76 Å². The highest BCUT2D eigenvalue weighted by atomic mass is 32.2. The maximum absolute atomic E-state index is 14.1. The van der Waals surface area contributed by atoms with Gasteiger partial charge in [0.1, 0.15) is 23.1 Å². The van der Waals surface area contributed by atoms with Crippen LogP contribution in [0, 0.1) is 5.82 Å². The van der Waals surface area contributed by atoms with Crippen LogP contribution in [0.3, 0.4) is 0 Å². The van der Waals surface area contributed by atoms with Crippen LogP contribution < -0.4 is 14.4 Å². The van der Waals surface area contributed by atoms with E-state index in [9.17, 15) is 19.1 Å². The number of carbonyl (C=O) groups excluding carboxylic acids is 2. The van der Waals surface area contributed by atoms with Gasteiger partial charge >= 0.3 is 5.91 Å². The molecule has 1 amide bonds. The molecule has 3 aromatic carbocycles. The van der Waals surface area contributed by atoms with Gasteiger partial charge in [-0.1, -0.05) is 60.4 Å². The van der Waals surface area contributed by atoms with Crippen molar-refractivity contribution in [2.75, 3.05) is 18.1 Å². The highest BCUT2D eigenvalue weighted by molar-refractivity contribution is 8.00. The van der Waals surface area contributed by atoms with Crippen molar-refractivity contribution in [2.45, 2.75) is 36.4 Å². The summed E-state index contributed by atoms with van der Waals surface area (Å²) in [7, 11) is 0. The number of carbonyl (C=O) groups is 2. The monoisotopic (exact) mass is 605 g/mol. The first kappa shape index (κ1) is 29.3. The van der Waals surface area contributed by atoms with Crippen LogP contribution in [0.2, 0.25) is 0 Å². The van der Waals surface area contributed by atoms with E-state index in [0.29, 0.717) is 51.5 Å². The summed E-state index contributed by atoms with van der Waals surface area (Å²) in [5, 5.41) is 20.0. The number of ketones is 1. The Bertz CT molecular complexity index is 1610. The lowest BCUT2D eigenvalue weighted by atomic mass is 9.95. The van der Waals surface area contributed by atoms with Crippen molar-refractivity contribution in [1.29, 1.82) is 0 Å². The van der Waals surface area contributed by atoms with E-state index in [0.717, 1.165) is 17.8 Å². The molecule has 1 fully saturated rings. The van der Waals surface area contributed by atoms with E-state index in [-0.39, 0.29) is 22.3 Å². The van der Waals surface area contributed by atoms with Gasteiger partial charge in [0.25, 0.3) is 5.78 Å². The summed E-state index contributed by atoms with van der Waals surface area (Å²) in [5.41, 5.74) is 1.39. The molecular weight excluding hydrogens is 577 g/mol. The number of Topliss-reactive ketones (excluding diaryl/α,β-unsaturated/α-hetero) is 1. The van der Waals surface area contributed by atoms with Crippen LogP contribution in [-0.4, -0.2) is 40.2 Å². The quantitative estimate of drug-likeness (QED) is 0.0656. The van der Waals surface area contributed by atoms with E-state index in [1.807, 2.05) is 13.8 Å². The lowest BCUT2D eigenvalue weighted by molar-refractivity contribution is -0.132. The fourth-order valence-electron chi connectivity index (χ4n) is 4.46. The SMILES string of the molecule is CCCOc1ccc(/C(O)=C2/C(=O)C(=O)N(c3nnc(SCc4ccccc4F)s3)C2c2ccc(OCC)cc2)cc1. The third kappa shape index (κ3) is 6.17. The minimum atomic E-state index is -0.964. The van der Waals surface area contributed by atoms with E-state index in [1.54, 1.807) is 66.7 Å². The Kier molecular flexibility index (Phi) is 9.19. The average molecular weight is 606 g/mol. The molecule has 0 spiro atoms. The zero-order valence-corrected chi connectivity index (χ0v) is 24.6. The smallest absolute Gasteiger partial charge is 0.301 e. The van der Waals surface area contributed by atoms with Crippen molar-refractivity contribution in [2.24, 2.45) is 0 Å². The first-order chi connectivity index (χ1) is 20.4. The average Bonchev–Trinajstić information content (AvgIpc) is 3.58. The molecule has 1 atom stereocenters. The Hall–Kier alpha value is -4.22. The number of ether oxygens (including phenoxy) is 2. The molecule has 4 aromatic rings. The summed E-state index contributed by atoms with van der Waals surface area (Å²) in [6, 6.07) is 19.2. The number of aliphatic hydroxyl groups excluding tert-OH is 1. The van der Waals surface area contributed by atoms with Crippen molar-refractivity contribution in [3.05, 3.63) is 101 Å². The number of halogens is 1. The number of hydrogen-bond donors (Lipinski definition) is 1. The maximum Gasteiger partial charge on any atom is 0.301 e. The molecule has 1 unspecified atom stereocenters. The van der Waals surface area contributed by atoms with Gasteiger partial charge in [-0.25, -0.2) is 4.39 Å². The Labute approximate surface area is 250 Å². The summed E-state index contributed by atoms with van der Waals surface area (Å²) < 4.78 is 25.8. The minimum absolute atomic E-state index is 0.0675. The summed E-state index contributed by atoms with van der Waals surface area (Å²) in [5.74, 6) is -0.722. The van der Waals surface area contributed by atoms with Crippen LogP contribution >= 0.6 is 23.1 Å². The number of benzene rings is 3. The molecule has 0 radical (unpaired) electrons. The van der Waals surface area contributed by atoms with Gasteiger partial charge in [-0.15, -0.1) is 10.2 Å². The number of amides is 1. The van der Waals surface area contributed by atoms with Crippen molar-refractivity contribution in [1.82, 2.24) is 10.2 Å². The van der Waals surface area contributed by atoms with Gasteiger partial charge in [0, 0.05) is 11.3 Å². The Balaban J connectivity index is 1.51. The summed E-state index contributed by atoms with van der Waals surface area (Å²) >= 11 is 2.39. The van der Waals surface area contributed by atoms with Gasteiger partial charge in [0.05, 0.1) is 24.8 Å². The standard InChI is InChI=1S/C31H28FN3O5S2/c1-3-17-40-23-15-11-20(12-16-23)27(36)25-26(19-9-13-22(14-10-19)39-4-2)35(29(38)28(25)37)30-33-34-31(42-30)41-18-21-7-5-6-8-24(21)32/h5-16,26,36H,3-4,17-18H2,1-2H3/b27-25-. The second-order valence-electron chi connectivity index (χ2n) is 9.27. The van der Waals surface area contributed by atoms with E-state index in [2.05, 4.69) is 10.2 Å². The van der Waals surface area contributed by atoms with Crippen LogP contribution in [0.15, 0.2) is 82.7 Å². The second kappa shape index (κ2) is 13.2. The molecule has 5 rings (SSSR count). The first-order valence-corrected chi connectivity index (χ1v) is 15.2. The first-order valence-electron chi connectivity index (χ1n) is 13.4. The predicted molar refractivity (Wildman–Crippen MR) is 160 cm³/mol. The highest BCUT2D eigenvalue weighted by Crippen LogP contribution is 2.44. The van der Waals surface area contributed by atoms with Crippen molar-refractivity contribution >= 4 is 45.7 Å². The maximum atomic E-state index is 14.1. The molecule has 11 heteroatoms. The van der Waals surface area contributed by atoms with E-state index in [1.165, 1.54) is 22.7 Å². The molecular formula is C31H28FN3O5S2. The van der Waals surface area contributed by atoms with Crippen molar-refractivity contribution in [3.8, 4) is 11.5 Å². The molecule has 0 saturated carbocycles. The van der Waals surface area contributed by atoms with Gasteiger partial charge in [-0.2, -0.15) is 0 Å². The summed E-state index contributed by atoms with van der Waals surface area (Å²) in [6.45, 7) is 4.91. The summed E-state index contributed by atoms with van der Waals surface area (Å²) in [4.78, 5) is 28.2. The molecule has 1 aromatic heterocycles. The molecule has 1 N–H and O–H groups in total. The normalized spacial score (nSPS) is 16.2. The molecule has 8 nitrogen and oxygen atoms in total. The molecule has 1 aliphatic rings. The summed E-state index contributed by atoms with van der Waals surface area (Å²) in [6.07, 6.45) is 0.849. The van der Waals surface area contributed by atoms with E-state index >= 15 is 0 Å². The third-order valence-corrected chi connectivity index (χ3v) is 8.57. The zero-order valence-electron chi connectivity index (χ0n) is 23.0. The topological polar surface area (TPSA) is 102 Å². The van der Waals surface area contributed by atoms with Crippen molar-refractivity contribution in [3.63, 3.8) is 0 Å². The lowest BCUT2D eigenvalue weighted by Crippen LogP contribution is -2.29. The molecule has 1 aliphatic heterocycles. The third-order valence-electron chi connectivity index (χ3n) is 6.46. The molecule has 42 heavy (non-hydrogen) atoms. The number of hydrogen-bond acceptors (Lipinski definition) is 9. The van der Waals surface area contributed by atoms with Gasteiger partial charge in [-0.3, -0.25) is 14.5 Å². The predicted octanol–water partition coefficient (Wildman–Crippen LogP) is 6.78. The largest absolute Gasteiger partial charge is 0.507 e. The van der Waals surface area contributed by atoms with Gasteiger partial charge in [0.2, 0.25) is 5.13 Å². The molecule has 0 bridgehead atoms. The molecule has 0 aliphatic carbocycles. The van der Waals surface area contributed by atoms with Gasteiger partial charge < -0.3 is 14.6 Å². The fraction of sp³-hybridized carbons (Fsp3) is 0.226. The Morgan fingerprint density at radius 1 is 0.976 bits per heavy atom. The second-order valence-corrected chi connectivity index (χ2v) is 11.5. The lowest BCUT2D eigenvalue weighted by Gasteiger charge is -2.22. The number of aliphatic hydroxyl groups is 1. The van der Waals surface area contributed by atoms with Crippen molar-refractivity contribution < 1.29 is 28.6 Å². The van der Waals surface area contributed by atoms with Crippen LogP contribution in [-0.2, 0) is 15.3 Å². The number of aromatic nitrogens is 2. The molecule has 2 heterocycles. The zero-order chi connectivity index (χ0) is 29.6. The van der Waals surface area contributed by atoms with Crippen LogP contribution in [0.1, 0.15) is 43.0 Å². The molecule has 1 saturated heterocycles. The van der Waals surface area contributed by atoms with Gasteiger partial charge in [-0.05, 0) is 66.9 Å². The van der Waals surface area contributed by atoms with Crippen LogP contribution in [0.4, 0.5) is 9.52 Å². The Morgan fingerprint density at radius 2 is 1.67 bits per heavy atom. The Morgan fingerprint density at radius 3 is 2.36 bits per heavy atom. The van der Waals surface area contributed by atoms with E-state index < -0.39 is 17.7 Å². The number of rotatable bonds is 11. The number of nitrogens with zero attached hydrogens (tertiary/aromatic N) is 3. The van der Waals surface area contributed by atoms with Crippen LogP contribution in [0.5, 0.6) is 11.5 Å². The minimum Gasteiger partial charge on any atom is -0.507 e. The number of thioether (sulfide) groups is 1. The number of anilines is 1. The fourth-order valence-corrected chi connectivity index (χ4v) is 6.31. The van der Waals surface area contributed by atoms with Gasteiger partial charge in [0.15, 0.2) is 4.34 Å². The highest BCUT2D eigenvalue weighted by Gasteiger charge is 2.48. The molecule has 216 valence electrons. The van der Waals surface area contributed by atoms with E-state index in [4.69, 9.17) is 9.47 Å².